The van der Waals surface area contributed by atoms with Gasteiger partial charge in [-0.25, -0.2) is 4.79 Å². The predicted octanol–water partition coefficient (Wildman–Crippen LogP) is -5.71. The molecule has 0 aromatic heterocycles. The van der Waals surface area contributed by atoms with Crippen LogP contribution < -0.4 is 70.4 Å². The first-order valence-electron chi connectivity index (χ1n) is 23.0. The van der Waals surface area contributed by atoms with Crippen LogP contribution in [0.5, 0.6) is 0 Å². The van der Waals surface area contributed by atoms with E-state index in [1.165, 1.54) is 11.8 Å². The number of thioether (sulfide) groups is 1. The van der Waals surface area contributed by atoms with Crippen LogP contribution in [0.25, 0.3) is 0 Å². The summed E-state index contributed by atoms with van der Waals surface area (Å²) in [7, 11) is 0. The van der Waals surface area contributed by atoms with Crippen molar-refractivity contribution >= 4 is 88.7 Å². The average Bonchev–Trinajstić information content (AvgIpc) is 3.31. The topological polar surface area (TPSA) is 461 Å². The number of nitrogens with one attached hydrogen (secondary N) is 10. The first-order valence-corrected chi connectivity index (χ1v) is 24.4. The Morgan fingerprint density at radius 3 is 1.42 bits per heavy atom. The summed E-state index contributed by atoms with van der Waals surface area (Å²) in [6.07, 6.45) is -1.08. The summed E-state index contributed by atoms with van der Waals surface area (Å²) < 4.78 is 0. The Morgan fingerprint density at radius 2 is 1.00 bits per heavy atom. The van der Waals surface area contributed by atoms with E-state index in [1.54, 1.807) is 34.0 Å². The molecule has 0 spiro atoms. The number of carboxylic acids is 1. The standard InChI is InChI=1S/C42H71N13O15S/c1-6-20(3)32-40(68)52-24(11-13-29(44)58)37(65)50-23(10-12-28(43)57)36(64)49-22(9-8-15-46-42(45)70)35(63)51-25(14-16-71-5)38(66)53-26(17-31(60)61)34(62)47-18-30(59)48-27(19-56)39(67)54-33(21(4)7-2)41(69)55-32/h20-27,32-33,56H,6-19H2,1-5H3,(H2,43,57)(H2,44,58)(H,47,62)(H,48,59)(H,49,64)(H,50,65)(H,51,63)(H,52,68)(H,53,66)(H,54,67)(H,55,69)(H,60,61)(H3,45,46,70)/t20-,21-,22-,23-,24-,25-,26-,27-,32-,33-/m0/s1. The smallest absolute Gasteiger partial charge is 0.312 e. The third-order valence-corrected chi connectivity index (χ3v) is 12.0. The number of urea groups is 1. The van der Waals surface area contributed by atoms with Gasteiger partial charge in [0, 0.05) is 19.4 Å². The second kappa shape index (κ2) is 32.2. The molecule has 18 N–H and O–H groups in total. The zero-order valence-electron chi connectivity index (χ0n) is 40.5. The van der Waals surface area contributed by atoms with Crippen LogP contribution in [-0.2, 0) is 57.5 Å². The van der Waals surface area contributed by atoms with E-state index in [9.17, 15) is 72.5 Å². The molecule has 29 heteroatoms. The number of aliphatic hydroxyl groups is 1. The summed E-state index contributed by atoms with van der Waals surface area (Å²) >= 11 is 1.24. The van der Waals surface area contributed by atoms with Gasteiger partial charge in [0.25, 0.3) is 0 Å². The number of hydrogen-bond donors (Lipinski definition) is 15. The van der Waals surface area contributed by atoms with E-state index >= 15 is 0 Å². The summed E-state index contributed by atoms with van der Waals surface area (Å²) in [5.74, 6) is -13.9. The minimum absolute atomic E-state index is 0.0216. The number of rotatable bonds is 20. The molecule has 0 radical (unpaired) electrons. The Morgan fingerprint density at radius 1 is 0.592 bits per heavy atom. The third-order valence-electron chi connectivity index (χ3n) is 11.3. The molecular formula is C42H71N13O15S. The number of nitrogens with two attached hydrogens (primary N) is 3. The fraction of sp³-hybridized carbons (Fsp3) is 0.690. The molecule has 1 heterocycles. The van der Waals surface area contributed by atoms with Crippen LogP contribution in [0, 0.1) is 11.8 Å². The lowest BCUT2D eigenvalue weighted by Gasteiger charge is -2.31. The zero-order valence-corrected chi connectivity index (χ0v) is 41.3. The second-order valence-corrected chi connectivity index (χ2v) is 17.9. The Kier molecular flexibility index (Phi) is 28.2. The molecule has 0 aromatic rings. The van der Waals surface area contributed by atoms with E-state index in [2.05, 4.69) is 53.2 Å². The van der Waals surface area contributed by atoms with Crippen molar-refractivity contribution in [2.75, 3.05) is 31.7 Å². The van der Waals surface area contributed by atoms with E-state index in [-0.39, 0.29) is 44.4 Å². The number of amides is 13. The molecule has 1 aliphatic rings. The van der Waals surface area contributed by atoms with E-state index in [0.29, 0.717) is 0 Å². The molecule has 1 fully saturated rings. The van der Waals surface area contributed by atoms with Gasteiger partial charge in [0.15, 0.2) is 0 Å². The van der Waals surface area contributed by atoms with Crippen LogP contribution in [-0.4, -0.2) is 167 Å². The highest BCUT2D eigenvalue weighted by Gasteiger charge is 2.37. The van der Waals surface area contributed by atoms with E-state index in [4.69, 9.17) is 17.2 Å². The van der Waals surface area contributed by atoms with Crippen LogP contribution in [0.4, 0.5) is 4.79 Å². The number of aliphatic carboxylic acids is 1. The molecule has 13 amide bonds. The molecule has 0 bridgehead atoms. The number of carbonyl (C=O) groups is 13. The Balaban J connectivity index is 4.04. The predicted molar refractivity (Wildman–Crippen MR) is 253 cm³/mol. The fourth-order valence-corrected chi connectivity index (χ4v) is 7.24. The number of aliphatic hydroxyl groups excluding tert-OH is 1. The molecule has 0 unspecified atom stereocenters. The minimum Gasteiger partial charge on any atom is -0.481 e. The second-order valence-electron chi connectivity index (χ2n) is 16.9. The number of hydrogen-bond acceptors (Lipinski definition) is 15. The summed E-state index contributed by atoms with van der Waals surface area (Å²) in [4.78, 5) is 171. The normalized spacial score (nSPS) is 24.8. The van der Waals surface area contributed by atoms with Gasteiger partial charge in [-0.3, -0.25) is 57.5 Å². The van der Waals surface area contributed by atoms with Crippen molar-refractivity contribution in [1.29, 1.82) is 0 Å². The monoisotopic (exact) mass is 1030 g/mol. The van der Waals surface area contributed by atoms with Gasteiger partial charge in [-0.15, -0.1) is 0 Å². The lowest BCUT2D eigenvalue weighted by Crippen LogP contribution is -2.62. The summed E-state index contributed by atoms with van der Waals surface area (Å²) in [6, 6.07) is -13.7. The van der Waals surface area contributed by atoms with Crippen molar-refractivity contribution in [3.63, 3.8) is 0 Å². The molecule has 400 valence electrons. The lowest BCUT2D eigenvalue weighted by molar-refractivity contribution is -0.141. The van der Waals surface area contributed by atoms with Crippen LogP contribution in [0.2, 0.25) is 0 Å². The van der Waals surface area contributed by atoms with E-state index < -0.39 is 182 Å². The molecule has 1 saturated heterocycles. The molecule has 0 aromatic carbocycles. The molecule has 1 rings (SSSR count). The molecule has 0 aliphatic carbocycles. The maximum Gasteiger partial charge on any atom is 0.312 e. The van der Waals surface area contributed by atoms with Crippen molar-refractivity contribution < 1.29 is 72.5 Å². The van der Waals surface area contributed by atoms with Crippen LogP contribution >= 0.6 is 11.8 Å². The molecule has 28 nitrogen and oxygen atoms in total. The average molecular weight is 1030 g/mol. The van der Waals surface area contributed by atoms with Crippen molar-refractivity contribution in [1.82, 2.24) is 53.2 Å². The highest BCUT2D eigenvalue weighted by Crippen LogP contribution is 2.14. The summed E-state index contributed by atoms with van der Waals surface area (Å²) in [6.45, 7) is 4.54. The number of carboxylic acid groups (broad SMARTS) is 1. The quantitative estimate of drug-likeness (QED) is 0.0506. The lowest BCUT2D eigenvalue weighted by atomic mass is 9.94. The fourth-order valence-electron chi connectivity index (χ4n) is 6.77. The largest absolute Gasteiger partial charge is 0.481 e. The van der Waals surface area contributed by atoms with Gasteiger partial charge in [0.1, 0.15) is 48.3 Å². The van der Waals surface area contributed by atoms with Gasteiger partial charge in [-0.05, 0) is 55.9 Å². The number of primary amides is 3. The summed E-state index contributed by atoms with van der Waals surface area (Å²) in [5, 5.41) is 43.5. The maximum atomic E-state index is 14.1. The third kappa shape index (κ3) is 23.1. The molecule has 1 aliphatic heterocycles. The van der Waals surface area contributed by atoms with Gasteiger partial charge < -0.3 is 80.6 Å². The zero-order chi connectivity index (χ0) is 54.0. The molecule has 10 atom stereocenters. The van der Waals surface area contributed by atoms with Crippen LogP contribution in [0.1, 0.15) is 91.9 Å². The molecular weight excluding hydrogens is 959 g/mol. The Bertz CT molecular complexity index is 1930. The van der Waals surface area contributed by atoms with Crippen molar-refractivity contribution in [2.45, 2.75) is 140 Å². The highest BCUT2D eigenvalue weighted by atomic mass is 32.2. The first-order chi connectivity index (χ1) is 33.4. The first kappa shape index (κ1) is 62.2. The van der Waals surface area contributed by atoms with Crippen molar-refractivity contribution in [2.24, 2.45) is 29.0 Å². The summed E-state index contributed by atoms with van der Waals surface area (Å²) in [5.41, 5.74) is 16.0. The van der Waals surface area contributed by atoms with Gasteiger partial charge in [0.05, 0.1) is 19.6 Å². The van der Waals surface area contributed by atoms with Gasteiger partial charge in [0.2, 0.25) is 65.0 Å². The maximum absolute atomic E-state index is 14.1. The van der Waals surface area contributed by atoms with Crippen molar-refractivity contribution in [3.05, 3.63) is 0 Å². The van der Waals surface area contributed by atoms with Gasteiger partial charge in [-0.2, -0.15) is 11.8 Å². The van der Waals surface area contributed by atoms with E-state index in [0.717, 1.165) is 0 Å². The van der Waals surface area contributed by atoms with Crippen molar-refractivity contribution in [3.8, 4) is 0 Å². The number of carbonyl (C=O) groups excluding carboxylic acids is 12. The molecule has 71 heavy (non-hydrogen) atoms. The van der Waals surface area contributed by atoms with Gasteiger partial charge >= 0.3 is 12.0 Å². The Hall–Kier alpha value is -6.78. The molecule has 0 saturated carbocycles. The van der Waals surface area contributed by atoms with Crippen LogP contribution in [0.15, 0.2) is 0 Å². The van der Waals surface area contributed by atoms with E-state index in [1.807, 2.05) is 0 Å². The van der Waals surface area contributed by atoms with Crippen LogP contribution in [0.3, 0.4) is 0 Å². The van der Waals surface area contributed by atoms with Gasteiger partial charge in [-0.1, -0.05) is 40.5 Å². The Labute approximate surface area is 414 Å². The minimum atomic E-state index is -1.85. The highest BCUT2D eigenvalue weighted by molar-refractivity contribution is 7.98. The SMILES string of the molecule is CC[C@H](C)[C@@H]1NC(=O)[C@H](CO)NC(=O)CNC(=O)[C@H](CC(=O)O)NC(=O)[C@H](CCSC)NC(=O)[C@H](CCCNC(N)=O)NC(=O)[C@H](CCC(N)=O)NC(=O)[C@H](CCC(N)=O)NC(=O)[C@H]([C@@H](C)CC)NC1=O.